The second kappa shape index (κ2) is 6.71. The molecule has 0 saturated carbocycles. The number of rotatable bonds is 5. The third-order valence-electron chi connectivity index (χ3n) is 3.17. The summed E-state index contributed by atoms with van der Waals surface area (Å²) in [4.78, 5) is 3.79. The zero-order valence-corrected chi connectivity index (χ0v) is 11.6. The fraction of sp³-hybridized carbons (Fsp3) is 0.667. The van der Waals surface area contributed by atoms with Crippen LogP contribution in [0.3, 0.4) is 0 Å². The Bertz CT molecular complexity index is 334. The van der Waals surface area contributed by atoms with Gasteiger partial charge in [0.25, 0.3) is 0 Å². The molecule has 1 saturated heterocycles. The minimum absolute atomic E-state index is 0.424. The summed E-state index contributed by atoms with van der Waals surface area (Å²) < 4.78 is 0.867. The second-order valence-corrected chi connectivity index (χ2v) is 6.36. The van der Waals surface area contributed by atoms with Crippen molar-refractivity contribution in [1.82, 2.24) is 10.2 Å². The van der Waals surface area contributed by atoms with Crippen LogP contribution in [0, 0.1) is 0 Å². The van der Waals surface area contributed by atoms with E-state index >= 15 is 0 Å². The first kappa shape index (κ1) is 13.3. The zero-order chi connectivity index (χ0) is 12.1. The van der Waals surface area contributed by atoms with Crippen LogP contribution in [-0.2, 0) is 6.54 Å². The molecule has 0 amide bonds. The monoisotopic (exact) mass is 273 g/mol. The summed E-state index contributed by atoms with van der Waals surface area (Å²) in [6, 6.07) is 4.46. The maximum atomic E-state index is 5.88. The first-order valence-electron chi connectivity index (χ1n) is 6.17. The number of piperidine rings is 1. The van der Waals surface area contributed by atoms with Gasteiger partial charge in [-0.15, -0.1) is 11.3 Å². The highest BCUT2D eigenvalue weighted by Crippen LogP contribution is 2.20. The Morgan fingerprint density at radius 2 is 2.18 bits per heavy atom. The lowest BCUT2D eigenvalue weighted by atomic mass is 10.1. The molecule has 2 heterocycles. The average Bonchev–Trinajstić information content (AvgIpc) is 2.73. The Labute approximate surface area is 112 Å². The smallest absolute Gasteiger partial charge is 0.0931 e. The molecule has 2 rings (SSSR count). The zero-order valence-electron chi connectivity index (χ0n) is 9.99. The third-order valence-corrected chi connectivity index (χ3v) is 4.40. The van der Waals surface area contributed by atoms with Crippen LogP contribution in [0.2, 0.25) is 4.34 Å². The van der Waals surface area contributed by atoms with Crippen molar-refractivity contribution >= 4 is 22.9 Å². The van der Waals surface area contributed by atoms with Crippen molar-refractivity contribution in [2.24, 2.45) is 5.73 Å². The minimum atomic E-state index is 0.424. The van der Waals surface area contributed by atoms with E-state index in [1.54, 1.807) is 11.3 Å². The molecule has 1 aromatic heterocycles. The van der Waals surface area contributed by atoms with Gasteiger partial charge in [-0.3, -0.25) is 0 Å². The molecule has 0 atom stereocenters. The van der Waals surface area contributed by atoms with E-state index in [2.05, 4.69) is 16.3 Å². The average molecular weight is 274 g/mol. The Hall–Kier alpha value is -0.130. The molecule has 0 radical (unpaired) electrons. The first-order valence-corrected chi connectivity index (χ1v) is 7.36. The van der Waals surface area contributed by atoms with Gasteiger partial charge in [0.15, 0.2) is 0 Å². The SMILES string of the molecule is NC1CCN(CCNCc2ccc(Cl)s2)CC1. The number of nitrogens with zero attached hydrogens (tertiary/aromatic N) is 1. The fourth-order valence-corrected chi connectivity index (χ4v) is 3.13. The third kappa shape index (κ3) is 4.56. The van der Waals surface area contributed by atoms with E-state index in [9.17, 15) is 0 Å². The lowest BCUT2D eigenvalue weighted by Gasteiger charge is -2.29. The molecular weight excluding hydrogens is 254 g/mol. The fourth-order valence-electron chi connectivity index (χ4n) is 2.07. The maximum Gasteiger partial charge on any atom is 0.0931 e. The van der Waals surface area contributed by atoms with Crippen molar-refractivity contribution in [3.05, 3.63) is 21.3 Å². The second-order valence-electron chi connectivity index (χ2n) is 4.56. The molecule has 17 heavy (non-hydrogen) atoms. The van der Waals surface area contributed by atoms with Crippen LogP contribution >= 0.6 is 22.9 Å². The van der Waals surface area contributed by atoms with Gasteiger partial charge >= 0.3 is 0 Å². The summed E-state index contributed by atoms with van der Waals surface area (Å²) in [7, 11) is 0. The van der Waals surface area contributed by atoms with Crippen molar-refractivity contribution in [3.63, 3.8) is 0 Å². The number of thiophene rings is 1. The Morgan fingerprint density at radius 3 is 2.82 bits per heavy atom. The summed E-state index contributed by atoms with van der Waals surface area (Å²) in [6.07, 6.45) is 2.28. The summed E-state index contributed by atoms with van der Waals surface area (Å²) in [5.41, 5.74) is 5.88. The van der Waals surface area contributed by atoms with Crippen LogP contribution in [0.25, 0.3) is 0 Å². The molecule has 5 heteroatoms. The van der Waals surface area contributed by atoms with Crippen molar-refractivity contribution < 1.29 is 0 Å². The molecule has 0 aliphatic carbocycles. The van der Waals surface area contributed by atoms with E-state index in [4.69, 9.17) is 17.3 Å². The summed E-state index contributed by atoms with van der Waals surface area (Å²) in [6.45, 7) is 5.36. The molecular formula is C12H20ClN3S. The molecule has 1 aliphatic rings. The standard InChI is InChI=1S/C12H20ClN3S/c13-12-2-1-11(17-12)9-15-5-8-16-6-3-10(14)4-7-16/h1-2,10,15H,3-9,14H2. The predicted octanol–water partition coefficient (Wildman–Crippen LogP) is 1.91. The normalized spacial score (nSPS) is 18.7. The molecule has 1 aromatic rings. The Balaban J connectivity index is 1.57. The summed E-state index contributed by atoms with van der Waals surface area (Å²) in [5, 5.41) is 3.45. The van der Waals surface area contributed by atoms with Gasteiger partial charge in [-0.25, -0.2) is 0 Å². The van der Waals surface area contributed by atoms with Crippen molar-refractivity contribution in [3.8, 4) is 0 Å². The van der Waals surface area contributed by atoms with Crippen molar-refractivity contribution in [1.29, 1.82) is 0 Å². The quantitative estimate of drug-likeness (QED) is 0.806. The van der Waals surface area contributed by atoms with E-state index in [0.717, 1.165) is 49.9 Å². The Kier molecular flexibility index (Phi) is 5.25. The molecule has 1 fully saturated rings. The highest BCUT2D eigenvalue weighted by atomic mass is 35.5. The van der Waals surface area contributed by atoms with Gasteiger partial charge in [-0.2, -0.15) is 0 Å². The van der Waals surface area contributed by atoms with Gasteiger partial charge in [0.1, 0.15) is 0 Å². The molecule has 96 valence electrons. The summed E-state index contributed by atoms with van der Waals surface area (Å²) >= 11 is 7.53. The van der Waals surface area contributed by atoms with E-state index in [-0.39, 0.29) is 0 Å². The van der Waals surface area contributed by atoms with E-state index in [1.165, 1.54) is 4.88 Å². The van der Waals surface area contributed by atoms with Gasteiger partial charge in [-0.1, -0.05) is 11.6 Å². The van der Waals surface area contributed by atoms with E-state index in [0.29, 0.717) is 6.04 Å². The number of hydrogen-bond acceptors (Lipinski definition) is 4. The predicted molar refractivity (Wildman–Crippen MR) is 74.7 cm³/mol. The number of nitrogens with two attached hydrogens (primary N) is 1. The van der Waals surface area contributed by atoms with Gasteiger partial charge in [0.05, 0.1) is 4.34 Å². The highest BCUT2D eigenvalue weighted by Gasteiger charge is 2.14. The van der Waals surface area contributed by atoms with Crippen LogP contribution < -0.4 is 11.1 Å². The van der Waals surface area contributed by atoms with Gasteiger partial charge in [0, 0.05) is 30.6 Å². The van der Waals surface area contributed by atoms with Crippen molar-refractivity contribution in [2.45, 2.75) is 25.4 Å². The molecule has 0 unspecified atom stereocenters. The Morgan fingerprint density at radius 1 is 1.41 bits per heavy atom. The summed E-state index contributed by atoms with van der Waals surface area (Å²) in [5.74, 6) is 0. The largest absolute Gasteiger partial charge is 0.328 e. The molecule has 1 aliphatic heterocycles. The van der Waals surface area contributed by atoms with Gasteiger partial charge in [-0.05, 0) is 38.1 Å². The van der Waals surface area contributed by atoms with E-state index in [1.807, 2.05) is 6.07 Å². The van der Waals surface area contributed by atoms with Crippen LogP contribution in [0.1, 0.15) is 17.7 Å². The molecule has 0 bridgehead atoms. The minimum Gasteiger partial charge on any atom is -0.328 e. The van der Waals surface area contributed by atoms with Crippen LogP contribution in [0.4, 0.5) is 0 Å². The highest BCUT2D eigenvalue weighted by molar-refractivity contribution is 7.16. The number of likely N-dealkylation sites (tertiary alicyclic amines) is 1. The lowest BCUT2D eigenvalue weighted by molar-refractivity contribution is 0.213. The maximum absolute atomic E-state index is 5.88. The molecule has 0 aromatic carbocycles. The topological polar surface area (TPSA) is 41.3 Å². The van der Waals surface area contributed by atoms with Crippen LogP contribution in [0.15, 0.2) is 12.1 Å². The molecule has 0 spiro atoms. The molecule has 3 nitrogen and oxygen atoms in total. The number of hydrogen-bond donors (Lipinski definition) is 2. The van der Waals surface area contributed by atoms with Crippen LogP contribution in [0.5, 0.6) is 0 Å². The molecule has 3 N–H and O–H groups in total. The first-order chi connectivity index (χ1) is 8.24. The lowest BCUT2D eigenvalue weighted by Crippen LogP contribution is -2.42. The van der Waals surface area contributed by atoms with Gasteiger partial charge in [0.2, 0.25) is 0 Å². The van der Waals surface area contributed by atoms with Gasteiger partial charge < -0.3 is 16.0 Å². The number of halogens is 1. The van der Waals surface area contributed by atoms with Crippen molar-refractivity contribution in [2.75, 3.05) is 26.2 Å². The van der Waals surface area contributed by atoms with Crippen LogP contribution in [-0.4, -0.2) is 37.1 Å². The van der Waals surface area contributed by atoms with E-state index < -0.39 is 0 Å². The number of nitrogens with one attached hydrogen (secondary N) is 1.